The molecule has 0 aliphatic carbocycles. The summed E-state index contributed by atoms with van der Waals surface area (Å²) in [4.78, 5) is 24.9. The molecule has 1 amide bonds. The normalized spacial score (nSPS) is 11.7. The Morgan fingerprint density at radius 3 is 2.67 bits per heavy atom. The third kappa shape index (κ3) is 4.70. The first kappa shape index (κ1) is 19.4. The minimum absolute atomic E-state index is 0.0328. The molecule has 0 saturated carbocycles. The van der Waals surface area contributed by atoms with Crippen molar-refractivity contribution in [3.63, 3.8) is 0 Å². The van der Waals surface area contributed by atoms with E-state index < -0.39 is 5.69 Å². The van der Waals surface area contributed by atoms with Gasteiger partial charge in [-0.1, -0.05) is 50.2 Å². The van der Waals surface area contributed by atoms with Gasteiger partial charge in [-0.05, 0) is 36.8 Å². The highest BCUT2D eigenvalue weighted by atomic mass is 35.5. The highest BCUT2D eigenvalue weighted by Crippen LogP contribution is 2.29. The first-order valence-corrected chi connectivity index (χ1v) is 9.54. The number of hydrogen-bond acceptors (Lipinski definition) is 5. The number of aryl methyl sites for hydroxylation is 1. The van der Waals surface area contributed by atoms with Crippen LogP contribution < -0.4 is 11.0 Å². The zero-order valence-corrected chi connectivity index (χ0v) is 17.1. The van der Waals surface area contributed by atoms with Crippen molar-refractivity contribution in [3.05, 3.63) is 51.4 Å². The highest BCUT2D eigenvalue weighted by Gasteiger charge is 2.16. The summed E-state index contributed by atoms with van der Waals surface area (Å²) in [5.41, 5.74) is 1.41. The van der Waals surface area contributed by atoms with Crippen molar-refractivity contribution in [3.8, 4) is 0 Å². The molecule has 1 N–H and O–H groups in total. The number of amides is 1. The zero-order valence-electron chi connectivity index (χ0n) is 15.5. The summed E-state index contributed by atoms with van der Waals surface area (Å²) in [5, 5.41) is 12.5. The highest BCUT2D eigenvalue weighted by molar-refractivity contribution is 8.00. The first-order chi connectivity index (χ1) is 12.6. The number of nitrogens with zero attached hydrogens (tertiary/aromatic N) is 4. The molecule has 0 fully saturated rings. The van der Waals surface area contributed by atoms with E-state index in [-0.39, 0.29) is 17.2 Å². The molecule has 0 unspecified atom stereocenters. The third-order valence-electron chi connectivity index (χ3n) is 3.59. The predicted molar refractivity (Wildman–Crippen MR) is 108 cm³/mol. The second kappa shape index (κ2) is 7.36. The molecular formula is C18H20ClN5O2S. The number of carbonyl (C=O) groups excluding carboxylic acids is 1. The quantitative estimate of drug-likeness (QED) is 0.673. The summed E-state index contributed by atoms with van der Waals surface area (Å²) in [6, 6.07) is 8.76. The average Bonchev–Trinajstić information content (AvgIpc) is 2.85. The number of thioether (sulfide) groups is 1. The maximum atomic E-state index is 12.5. The number of benzene rings is 1. The Labute approximate surface area is 165 Å². The van der Waals surface area contributed by atoms with Crippen molar-refractivity contribution in [1.29, 1.82) is 0 Å². The molecule has 0 bridgehead atoms. The molecule has 7 nitrogen and oxygen atoms in total. The van der Waals surface area contributed by atoms with E-state index in [1.54, 1.807) is 30.0 Å². The standard InChI is InChI=1S/C18H20ClN5O2S/c1-11-5-6-12(19)9-13(11)20-15(25)10-23-17(26)24-14(21-23)7-8-16(22-24)27-18(2,3)4/h5-9H,10H2,1-4H3,(H,20,25). The number of rotatable bonds is 4. The van der Waals surface area contributed by atoms with Gasteiger partial charge in [0.05, 0.1) is 0 Å². The van der Waals surface area contributed by atoms with E-state index in [2.05, 4.69) is 36.3 Å². The Morgan fingerprint density at radius 1 is 1.22 bits per heavy atom. The number of anilines is 1. The van der Waals surface area contributed by atoms with Crippen LogP contribution in [0.3, 0.4) is 0 Å². The predicted octanol–water partition coefficient (Wildman–Crippen LogP) is 3.38. The Kier molecular flexibility index (Phi) is 5.30. The number of halogens is 1. The topological polar surface area (TPSA) is 81.3 Å². The van der Waals surface area contributed by atoms with Gasteiger partial charge in [-0.3, -0.25) is 4.79 Å². The summed E-state index contributed by atoms with van der Waals surface area (Å²) in [6.45, 7) is 7.85. The van der Waals surface area contributed by atoms with Crippen molar-refractivity contribution in [1.82, 2.24) is 19.4 Å². The maximum Gasteiger partial charge on any atom is 0.367 e. The van der Waals surface area contributed by atoms with Gasteiger partial charge in [-0.2, -0.15) is 9.61 Å². The zero-order chi connectivity index (χ0) is 19.8. The summed E-state index contributed by atoms with van der Waals surface area (Å²) >= 11 is 7.52. The van der Waals surface area contributed by atoms with Crippen molar-refractivity contribution < 1.29 is 4.79 Å². The summed E-state index contributed by atoms with van der Waals surface area (Å²) in [5.74, 6) is -0.366. The van der Waals surface area contributed by atoms with E-state index in [1.165, 1.54) is 4.52 Å². The van der Waals surface area contributed by atoms with Crippen molar-refractivity contribution in [2.45, 2.75) is 44.0 Å². The lowest BCUT2D eigenvalue weighted by Crippen LogP contribution is -2.29. The van der Waals surface area contributed by atoms with Gasteiger partial charge in [0.15, 0.2) is 5.65 Å². The van der Waals surface area contributed by atoms with Crippen molar-refractivity contribution in [2.75, 3.05) is 5.32 Å². The monoisotopic (exact) mass is 405 g/mol. The van der Waals surface area contributed by atoms with Crippen molar-refractivity contribution in [2.24, 2.45) is 0 Å². The number of carbonyl (C=O) groups is 1. The lowest BCUT2D eigenvalue weighted by Gasteiger charge is -2.16. The third-order valence-corrected chi connectivity index (χ3v) is 4.87. The van der Waals surface area contributed by atoms with E-state index in [0.29, 0.717) is 16.4 Å². The van der Waals surface area contributed by atoms with Crippen LogP contribution in [0.1, 0.15) is 26.3 Å². The fourth-order valence-corrected chi connectivity index (χ4v) is 3.48. The van der Waals surface area contributed by atoms with Crippen LogP contribution in [0, 0.1) is 6.92 Å². The van der Waals surface area contributed by atoms with Crippen LogP contribution in [0.5, 0.6) is 0 Å². The molecule has 0 spiro atoms. The van der Waals surface area contributed by atoms with E-state index in [0.717, 1.165) is 15.3 Å². The first-order valence-electron chi connectivity index (χ1n) is 8.34. The Balaban J connectivity index is 1.82. The van der Waals surface area contributed by atoms with Gasteiger partial charge >= 0.3 is 5.69 Å². The molecule has 0 aliphatic rings. The summed E-state index contributed by atoms with van der Waals surface area (Å²) < 4.78 is 2.28. The molecule has 9 heteroatoms. The molecule has 0 radical (unpaired) electrons. The van der Waals surface area contributed by atoms with Gasteiger partial charge < -0.3 is 5.32 Å². The van der Waals surface area contributed by atoms with Gasteiger partial charge in [0.25, 0.3) is 0 Å². The van der Waals surface area contributed by atoms with Gasteiger partial charge in [-0.25, -0.2) is 9.48 Å². The number of aromatic nitrogens is 4. The average molecular weight is 406 g/mol. The molecule has 3 aromatic rings. The van der Waals surface area contributed by atoms with Crippen LogP contribution >= 0.6 is 23.4 Å². The molecule has 0 saturated heterocycles. The Morgan fingerprint density at radius 2 is 1.96 bits per heavy atom. The van der Waals surface area contributed by atoms with Crippen LogP contribution in [0.25, 0.3) is 5.65 Å². The van der Waals surface area contributed by atoms with Crippen LogP contribution in [-0.2, 0) is 11.3 Å². The molecule has 2 aromatic heterocycles. The lowest BCUT2D eigenvalue weighted by molar-refractivity contribution is -0.117. The van der Waals surface area contributed by atoms with E-state index in [9.17, 15) is 9.59 Å². The minimum atomic E-state index is -0.459. The summed E-state index contributed by atoms with van der Waals surface area (Å²) in [7, 11) is 0. The van der Waals surface area contributed by atoms with Gasteiger partial charge in [0, 0.05) is 15.5 Å². The van der Waals surface area contributed by atoms with Crippen LogP contribution in [0.4, 0.5) is 5.69 Å². The molecule has 27 heavy (non-hydrogen) atoms. The lowest BCUT2D eigenvalue weighted by atomic mass is 10.2. The fraction of sp³-hybridized carbons (Fsp3) is 0.333. The van der Waals surface area contributed by atoms with Crippen LogP contribution in [0.15, 0.2) is 40.2 Å². The Hall–Kier alpha value is -2.32. The number of nitrogens with one attached hydrogen (secondary N) is 1. The molecule has 0 atom stereocenters. The second-order valence-electron chi connectivity index (χ2n) is 7.10. The Bertz CT molecular complexity index is 1070. The van der Waals surface area contributed by atoms with Crippen molar-refractivity contribution >= 4 is 40.6 Å². The van der Waals surface area contributed by atoms with Crippen LogP contribution in [0.2, 0.25) is 5.02 Å². The number of fused-ring (bicyclic) bond motifs is 1. The SMILES string of the molecule is Cc1ccc(Cl)cc1NC(=O)Cn1nc2ccc(SC(C)(C)C)nn2c1=O. The largest absolute Gasteiger partial charge is 0.367 e. The molecular weight excluding hydrogens is 386 g/mol. The molecule has 3 rings (SSSR count). The smallest absolute Gasteiger partial charge is 0.324 e. The molecule has 1 aromatic carbocycles. The van der Waals surface area contributed by atoms with E-state index >= 15 is 0 Å². The van der Waals surface area contributed by atoms with E-state index in [1.807, 2.05) is 19.1 Å². The van der Waals surface area contributed by atoms with Gasteiger partial charge in [0.2, 0.25) is 5.91 Å². The van der Waals surface area contributed by atoms with Gasteiger partial charge in [0.1, 0.15) is 11.6 Å². The maximum absolute atomic E-state index is 12.5. The fourth-order valence-electron chi connectivity index (χ4n) is 2.42. The molecule has 142 valence electrons. The van der Waals surface area contributed by atoms with E-state index in [4.69, 9.17) is 11.6 Å². The molecule has 0 aliphatic heterocycles. The summed E-state index contributed by atoms with van der Waals surface area (Å²) in [6.07, 6.45) is 0. The van der Waals surface area contributed by atoms with Gasteiger partial charge in [-0.15, -0.1) is 5.10 Å². The minimum Gasteiger partial charge on any atom is -0.324 e. The second-order valence-corrected chi connectivity index (χ2v) is 9.39. The van der Waals surface area contributed by atoms with Crippen LogP contribution in [-0.4, -0.2) is 30.0 Å². The number of hydrogen-bond donors (Lipinski definition) is 1. The molecule has 2 heterocycles.